The number of rotatable bonds is 3. The predicted molar refractivity (Wildman–Crippen MR) is 92.1 cm³/mol. The maximum absolute atomic E-state index is 12.6. The van der Waals surface area contributed by atoms with Gasteiger partial charge in [0.25, 0.3) is 11.6 Å². The molecule has 0 unspecified atom stereocenters. The molecule has 1 heterocycles. The summed E-state index contributed by atoms with van der Waals surface area (Å²) in [5.41, 5.74) is 7.50. The van der Waals surface area contributed by atoms with E-state index < -0.39 is 0 Å². The average molecular weight is 326 g/mol. The second-order valence-electron chi connectivity index (χ2n) is 5.61. The summed E-state index contributed by atoms with van der Waals surface area (Å²) in [6.45, 7) is 2.09. The summed E-state index contributed by atoms with van der Waals surface area (Å²) in [5.74, 6) is -0.102. The van der Waals surface area contributed by atoms with Crippen molar-refractivity contribution in [2.24, 2.45) is 0 Å². The molecule has 2 N–H and O–H groups in total. The Bertz CT molecular complexity index is 770. The first-order chi connectivity index (χ1) is 11.6. The van der Waals surface area contributed by atoms with Crippen molar-refractivity contribution < 1.29 is 9.72 Å². The van der Waals surface area contributed by atoms with E-state index >= 15 is 0 Å². The molecule has 7 heteroatoms. The zero-order valence-corrected chi connectivity index (χ0v) is 13.1. The third kappa shape index (κ3) is 3.01. The monoisotopic (exact) mass is 326 g/mol. The molecule has 2 aromatic carbocycles. The lowest BCUT2D eigenvalue weighted by atomic mass is 10.1. The summed E-state index contributed by atoms with van der Waals surface area (Å²) in [4.78, 5) is 27.0. The van der Waals surface area contributed by atoms with Gasteiger partial charge in [0.1, 0.15) is 5.69 Å². The predicted octanol–water partition coefficient (Wildman–Crippen LogP) is 2.14. The number of nitro groups is 1. The summed E-state index contributed by atoms with van der Waals surface area (Å²) >= 11 is 0. The number of para-hydroxylation sites is 3. The third-order valence-corrected chi connectivity index (χ3v) is 4.18. The van der Waals surface area contributed by atoms with E-state index in [1.807, 2.05) is 4.90 Å². The summed E-state index contributed by atoms with van der Waals surface area (Å²) in [5, 5.41) is 11.2. The van der Waals surface area contributed by atoms with Crippen LogP contribution in [-0.4, -0.2) is 41.9 Å². The number of benzene rings is 2. The molecule has 1 amide bonds. The SMILES string of the molecule is Nc1ccccc1C(=O)N1CCN(c2ccccc2[N+](=O)[O-])CC1. The van der Waals surface area contributed by atoms with Crippen molar-refractivity contribution in [3.63, 3.8) is 0 Å². The van der Waals surface area contributed by atoms with Crippen LogP contribution in [0.2, 0.25) is 0 Å². The molecular formula is C17H18N4O3. The molecule has 0 bridgehead atoms. The average Bonchev–Trinajstić information content (AvgIpc) is 2.62. The number of hydrogen-bond donors (Lipinski definition) is 1. The quantitative estimate of drug-likeness (QED) is 0.530. The number of piperazine rings is 1. The molecule has 0 aliphatic carbocycles. The van der Waals surface area contributed by atoms with Crippen LogP contribution in [0.1, 0.15) is 10.4 Å². The van der Waals surface area contributed by atoms with E-state index in [0.29, 0.717) is 43.1 Å². The molecule has 1 aliphatic heterocycles. The Morgan fingerprint density at radius 2 is 1.62 bits per heavy atom. The zero-order chi connectivity index (χ0) is 17.1. The van der Waals surface area contributed by atoms with E-state index in [4.69, 9.17) is 5.73 Å². The highest BCUT2D eigenvalue weighted by Gasteiger charge is 2.26. The van der Waals surface area contributed by atoms with Crippen molar-refractivity contribution >= 4 is 23.0 Å². The fourth-order valence-electron chi connectivity index (χ4n) is 2.90. The van der Waals surface area contributed by atoms with Gasteiger partial charge in [0.15, 0.2) is 0 Å². The molecule has 0 aromatic heterocycles. The van der Waals surface area contributed by atoms with Crippen molar-refractivity contribution in [2.75, 3.05) is 36.8 Å². The molecule has 24 heavy (non-hydrogen) atoms. The van der Waals surface area contributed by atoms with Crippen molar-refractivity contribution in [3.05, 3.63) is 64.2 Å². The minimum atomic E-state index is -0.377. The first-order valence-electron chi connectivity index (χ1n) is 7.70. The van der Waals surface area contributed by atoms with Crippen LogP contribution in [0.3, 0.4) is 0 Å². The molecular weight excluding hydrogens is 308 g/mol. The first-order valence-corrected chi connectivity index (χ1v) is 7.70. The summed E-state index contributed by atoms with van der Waals surface area (Å²) in [7, 11) is 0. The maximum Gasteiger partial charge on any atom is 0.292 e. The van der Waals surface area contributed by atoms with Gasteiger partial charge in [-0.05, 0) is 18.2 Å². The van der Waals surface area contributed by atoms with Crippen LogP contribution in [0.4, 0.5) is 17.1 Å². The van der Waals surface area contributed by atoms with Crippen LogP contribution >= 0.6 is 0 Å². The Morgan fingerprint density at radius 1 is 1.00 bits per heavy atom. The molecule has 1 saturated heterocycles. The molecule has 0 atom stereocenters. The van der Waals surface area contributed by atoms with Crippen LogP contribution in [0.15, 0.2) is 48.5 Å². The van der Waals surface area contributed by atoms with Gasteiger partial charge >= 0.3 is 0 Å². The van der Waals surface area contributed by atoms with Crippen LogP contribution in [0.5, 0.6) is 0 Å². The smallest absolute Gasteiger partial charge is 0.292 e. The summed E-state index contributed by atoms with van der Waals surface area (Å²) in [6.07, 6.45) is 0. The van der Waals surface area contributed by atoms with Gasteiger partial charge in [0, 0.05) is 37.9 Å². The van der Waals surface area contributed by atoms with Gasteiger partial charge in [0.05, 0.1) is 10.5 Å². The molecule has 7 nitrogen and oxygen atoms in total. The normalized spacial score (nSPS) is 14.5. The number of nitrogen functional groups attached to an aromatic ring is 1. The van der Waals surface area contributed by atoms with Crippen molar-refractivity contribution in [1.82, 2.24) is 4.90 Å². The highest BCUT2D eigenvalue weighted by Crippen LogP contribution is 2.28. The standard InChI is InChI=1S/C17H18N4O3/c18-14-6-2-1-5-13(14)17(22)20-11-9-19(10-12-20)15-7-3-4-8-16(15)21(23)24/h1-8H,9-12,18H2. The molecule has 1 fully saturated rings. The number of carbonyl (C=O) groups excluding carboxylic acids is 1. The number of amides is 1. The Labute approximate surface area is 139 Å². The molecule has 2 aromatic rings. The van der Waals surface area contributed by atoms with E-state index in [2.05, 4.69) is 0 Å². The van der Waals surface area contributed by atoms with Gasteiger partial charge in [-0.25, -0.2) is 0 Å². The highest BCUT2D eigenvalue weighted by atomic mass is 16.6. The van der Waals surface area contributed by atoms with Gasteiger partial charge < -0.3 is 15.5 Å². The Morgan fingerprint density at radius 3 is 2.29 bits per heavy atom. The molecule has 3 rings (SSSR count). The van der Waals surface area contributed by atoms with E-state index in [9.17, 15) is 14.9 Å². The lowest BCUT2D eigenvalue weighted by Crippen LogP contribution is -2.49. The van der Waals surface area contributed by atoms with Gasteiger partial charge in [-0.3, -0.25) is 14.9 Å². The second-order valence-corrected chi connectivity index (χ2v) is 5.61. The van der Waals surface area contributed by atoms with E-state index in [1.54, 1.807) is 47.4 Å². The van der Waals surface area contributed by atoms with Gasteiger partial charge in [-0.1, -0.05) is 24.3 Å². The van der Waals surface area contributed by atoms with E-state index in [1.165, 1.54) is 6.07 Å². The van der Waals surface area contributed by atoms with Crippen molar-refractivity contribution in [1.29, 1.82) is 0 Å². The molecule has 0 spiro atoms. The van der Waals surface area contributed by atoms with Crippen LogP contribution in [0, 0.1) is 10.1 Å². The lowest BCUT2D eigenvalue weighted by molar-refractivity contribution is -0.384. The fourth-order valence-corrected chi connectivity index (χ4v) is 2.90. The second kappa shape index (κ2) is 6.57. The third-order valence-electron chi connectivity index (χ3n) is 4.18. The maximum atomic E-state index is 12.6. The molecule has 1 aliphatic rings. The summed E-state index contributed by atoms with van der Waals surface area (Å²) < 4.78 is 0. The molecule has 0 saturated carbocycles. The van der Waals surface area contributed by atoms with Crippen LogP contribution in [-0.2, 0) is 0 Å². The topological polar surface area (TPSA) is 92.7 Å². The van der Waals surface area contributed by atoms with Gasteiger partial charge in [-0.2, -0.15) is 0 Å². The number of hydrogen-bond acceptors (Lipinski definition) is 5. The molecule has 124 valence electrons. The first kappa shape index (κ1) is 15.8. The minimum absolute atomic E-state index is 0.0876. The number of carbonyl (C=O) groups is 1. The number of nitrogens with two attached hydrogens (primary N) is 1. The Balaban J connectivity index is 1.72. The van der Waals surface area contributed by atoms with Crippen LogP contribution in [0.25, 0.3) is 0 Å². The number of anilines is 2. The van der Waals surface area contributed by atoms with Crippen molar-refractivity contribution in [2.45, 2.75) is 0 Å². The van der Waals surface area contributed by atoms with Gasteiger partial charge in [-0.15, -0.1) is 0 Å². The largest absolute Gasteiger partial charge is 0.398 e. The number of nitro benzene ring substituents is 1. The van der Waals surface area contributed by atoms with Gasteiger partial charge in [0.2, 0.25) is 0 Å². The summed E-state index contributed by atoms with van der Waals surface area (Å²) in [6, 6.07) is 13.7. The fraction of sp³-hybridized carbons (Fsp3) is 0.235. The lowest BCUT2D eigenvalue weighted by Gasteiger charge is -2.36. The van der Waals surface area contributed by atoms with Crippen LogP contribution < -0.4 is 10.6 Å². The highest BCUT2D eigenvalue weighted by molar-refractivity contribution is 5.99. The zero-order valence-electron chi connectivity index (χ0n) is 13.1. The Kier molecular flexibility index (Phi) is 4.33. The van der Waals surface area contributed by atoms with Crippen molar-refractivity contribution in [3.8, 4) is 0 Å². The Hall–Kier alpha value is -3.09. The van der Waals surface area contributed by atoms with E-state index in [-0.39, 0.29) is 16.5 Å². The number of nitrogens with zero attached hydrogens (tertiary/aromatic N) is 3. The molecule has 0 radical (unpaired) electrons. The van der Waals surface area contributed by atoms with E-state index in [0.717, 1.165) is 0 Å². The minimum Gasteiger partial charge on any atom is -0.398 e.